The normalized spacial score (nSPS) is 31.9. The molecule has 2 bridgehead atoms. The Morgan fingerprint density at radius 2 is 2.25 bits per heavy atom. The molecule has 0 radical (unpaired) electrons. The molecule has 1 aromatic rings. The lowest BCUT2D eigenvalue weighted by atomic mass is 9.64. The number of fused-ring (bicyclic) bond motifs is 4. The molecular weight excluding hydrogens is 202 g/mol. The fourth-order valence-electron chi connectivity index (χ4n) is 3.21. The van der Waals surface area contributed by atoms with Gasteiger partial charge >= 0.3 is 5.97 Å². The molecule has 1 saturated heterocycles. The van der Waals surface area contributed by atoms with Crippen LogP contribution in [0.3, 0.4) is 0 Å². The number of piperidine rings is 1. The highest BCUT2D eigenvalue weighted by Crippen LogP contribution is 2.42. The van der Waals surface area contributed by atoms with Crippen LogP contribution in [0.25, 0.3) is 0 Å². The molecule has 16 heavy (non-hydrogen) atoms. The summed E-state index contributed by atoms with van der Waals surface area (Å²) in [6, 6.07) is 8.33. The maximum Gasteiger partial charge on any atom is 0.314 e. The molecule has 2 unspecified atom stereocenters. The molecule has 0 saturated carbocycles. The average Bonchev–Trinajstić information content (AvgIpc) is 2.29. The van der Waals surface area contributed by atoms with Crippen molar-refractivity contribution in [2.24, 2.45) is 0 Å². The molecule has 1 aromatic carbocycles. The van der Waals surface area contributed by atoms with Gasteiger partial charge in [-0.3, -0.25) is 4.79 Å². The number of benzene rings is 1. The summed E-state index contributed by atoms with van der Waals surface area (Å²) in [6.45, 7) is 0.811. The lowest BCUT2D eigenvalue weighted by Crippen LogP contribution is -2.54. The summed E-state index contributed by atoms with van der Waals surface area (Å²) in [7, 11) is 0. The van der Waals surface area contributed by atoms with Gasteiger partial charge in [-0.25, -0.2) is 0 Å². The van der Waals surface area contributed by atoms with E-state index in [1.54, 1.807) is 0 Å². The second-order valence-corrected chi connectivity index (χ2v) is 4.85. The predicted octanol–water partition coefficient (Wildman–Crippen LogP) is 1.32. The fourth-order valence-corrected chi connectivity index (χ4v) is 3.21. The van der Waals surface area contributed by atoms with Crippen molar-refractivity contribution in [1.29, 1.82) is 0 Å². The quantitative estimate of drug-likeness (QED) is 0.746. The van der Waals surface area contributed by atoms with Gasteiger partial charge in [-0.05, 0) is 36.9 Å². The molecule has 0 spiro atoms. The van der Waals surface area contributed by atoms with Crippen molar-refractivity contribution < 1.29 is 9.90 Å². The van der Waals surface area contributed by atoms with Crippen LogP contribution in [0.1, 0.15) is 24.0 Å². The highest BCUT2D eigenvalue weighted by atomic mass is 16.4. The third kappa shape index (κ3) is 1.21. The summed E-state index contributed by atoms with van der Waals surface area (Å²) in [4.78, 5) is 11.6. The lowest BCUT2D eigenvalue weighted by Gasteiger charge is -2.44. The van der Waals surface area contributed by atoms with Gasteiger partial charge in [0.2, 0.25) is 0 Å². The number of carbonyl (C=O) groups is 1. The Morgan fingerprint density at radius 1 is 1.44 bits per heavy atom. The number of nitrogens with one attached hydrogen (secondary N) is 1. The smallest absolute Gasteiger partial charge is 0.314 e. The molecular formula is C13H15NO2. The monoisotopic (exact) mass is 217 g/mol. The molecule has 84 valence electrons. The van der Waals surface area contributed by atoms with Gasteiger partial charge in [-0.15, -0.1) is 0 Å². The second kappa shape index (κ2) is 3.32. The molecule has 2 atom stereocenters. The SMILES string of the molecule is O=C(O)C12CCNC(Cc3ccccc31)C2. The predicted molar refractivity (Wildman–Crippen MR) is 60.5 cm³/mol. The maximum absolute atomic E-state index is 11.6. The van der Waals surface area contributed by atoms with Crippen LogP contribution in [0.15, 0.2) is 24.3 Å². The summed E-state index contributed by atoms with van der Waals surface area (Å²) >= 11 is 0. The number of hydrogen-bond acceptors (Lipinski definition) is 2. The summed E-state index contributed by atoms with van der Waals surface area (Å²) in [5, 5.41) is 13.0. The van der Waals surface area contributed by atoms with Gasteiger partial charge in [-0.2, -0.15) is 0 Å². The summed E-state index contributed by atoms with van der Waals surface area (Å²) in [5.74, 6) is -0.661. The Balaban J connectivity index is 2.18. The van der Waals surface area contributed by atoms with Gasteiger partial charge in [0, 0.05) is 6.04 Å². The van der Waals surface area contributed by atoms with Gasteiger partial charge in [0.1, 0.15) is 0 Å². The van der Waals surface area contributed by atoms with Crippen LogP contribution in [0.2, 0.25) is 0 Å². The topological polar surface area (TPSA) is 49.3 Å². The first-order valence-electron chi connectivity index (χ1n) is 5.77. The van der Waals surface area contributed by atoms with Gasteiger partial charge in [0.15, 0.2) is 0 Å². The molecule has 2 N–H and O–H groups in total. The number of carboxylic acid groups (broad SMARTS) is 1. The summed E-state index contributed by atoms with van der Waals surface area (Å²) in [5.41, 5.74) is 1.61. The minimum atomic E-state index is -0.661. The summed E-state index contributed by atoms with van der Waals surface area (Å²) < 4.78 is 0. The maximum atomic E-state index is 11.6. The average molecular weight is 217 g/mol. The standard InChI is InChI=1S/C13H15NO2/c15-12(16)13-5-6-14-10(8-13)7-9-3-1-2-4-11(9)13/h1-4,10,14H,5-8H2,(H,15,16). The highest BCUT2D eigenvalue weighted by molar-refractivity contribution is 5.83. The first-order valence-corrected chi connectivity index (χ1v) is 5.77. The van der Waals surface area contributed by atoms with Gasteiger partial charge < -0.3 is 10.4 Å². The fraction of sp³-hybridized carbons (Fsp3) is 0.462. The van der Waals surface area contributed by atoms with Crippen LogP contribution in [-0.2, 0) is 16.6 Å². The van der Waals surface area contributed by atoms with Crippen LogP contribution in [-0.4, -0.2) is 23.7 Å². The minimum Gasteiger partial charge on any atom is -0.481 e. The first-order chi connectivity index (χ1) is 7.72. The molecule has 1 fully saturated rings. The van der Waals surface area contributed by atoms with Crippen molar-refractivity contribution in [1.82, 2.24) is 5.32 Å². The van der Waals surface area contributed by atoms with Crippen molar-refractivity contribution in [3.63, 3.8) is 0 Å². The molecule has 0 aromatic heterocycles. The Labute approximate surface area is 94.5 Å². The van der Waals surface area contributed by atoms with Gasteiger partial charge in [-0.1, -0.05) is 24.3 Å². The first kappa shape index (κ1) is 9.85. The van der Waals surface area contributed by atoms with E-state index in [-0.39, 0.29) is 0 Å². The molecule has 3 heteroatoms. The van der Waals surface area contributed by atoms with Crippen LogP contribution >= 0.6 is 0 Å². The van der Waals surface area contributed by atoms with Gasteiger partial charge in [0.25, 0.3) is 0 Å². The number of hydrogen-bond donors (Lipinski definition) is 2. The van der Waals surface area contributed by atoms with Crippen LogP contribution in [0.4, 0.5) is 0 Å². The van der Waals surface area contributed by atoms with E-state index < -0.39 is 11.4 Å². The van der Waals surface area contributed by atoms with Crippen LogP contribution in [0, 0.1) is 0 Å². The van der Waals surface area contributed by atoms with E-state index >= 15 is 0 Å². The third-order valence-electron chi connectivity index (χ3n) is 3.99. The van der Waals surface area contributed by atoms with E-state index in [0.717, 1.165) is 24.9 Å². The third-order valence-corrected chi connectivity index (χ3v) is 3.99. The van der Waals surface area contributed by atoms with Crippen LogP contribution < -0.4 is 5.32 Å². The van der Waals surface area contributed by atoms with Crippen molar-refractivity contribution >= 4 is 5.97 Å². The zero-order chi connectivity index (χ0) is 11.2. The van der Waals surface area contributed by atoms with Crippen molar-refractivity contribution in [2.45, 2.75) is 30.7 Å². The van der Waals surface area contributed by atoms with E-state index in [1.165, 1.54) is 5.56 Å². The van der Waals surface area contributed by atoms with E-state index in [0.29, 0.717) is 12.5 Å². The van der Waals surface area contributed by atoms with Crippen molar-refractivity contribution in [3.05, 3.63) is 35.4 Å². The molecule has 3 nitrogen and oxygen atoms in total. The zero-order valence-electron chi connectivity index (χ0n) is 9.07. The van der Waals surface area contributed by atoms with Crippen molar-refractivity contribution in [3.8, 4) is 0 Å². The molecule has 1 heterocycles. The van der Waals surface area contributed by atoms with E-state index in [9.17, 15) is 9.90 Å². The lowest BCUT2D eigenvalue weighted by molar-refractivity contribution is -0.145. The molecule has 1 aliphatic heterocycles. The van der Waals surface area contributed by atoms with Crippen LogP contribution in [0.5, 0.6) is 0 Å². The molecule has 3 rings (SSSR count). The zero-order valence-corrected chi connectivity index (χ0v) is 9.07. The minimum absolute atomic E-state index is 0.333. The molecule has 2 aliphatic rings. The second-order valence-electron chi connectivity index (χ2n) is 4.85. The Bertz CT molecular complexity index is 443. The van der Waals surface area contributed by atoms with E-state index in [4.69, 9.17) is 0 Å². The molecule has 1 aliphatic carbocycles. The highest BCUT2D eigenvalue weighted by Gasteiger charge is 2.48. The van der Waals surface area contributed by atoms with E-state index in [1.807, 2.05) is 18.2 Å². The van der Waals surface area contributed by atoms with E-state index in [2.05, 4.69) is 11.4 Å². The Kier molecular flexibility index (Phi) is 2.04. The largest absolute Gasteiger partial charge is 0.481 e. The number of rotatable bonds is 1. The van der Waals surface area contributed by atoms with Gasteiger partial charge in [0.05, 0.1) is 5.41 Å². The Morgan fingerprint density at radius 3 is 3.06 bits per heavy atom. The number of aliphatic carboxylic acids is 1. The van der Waals surface area contributed by atoms with Crippen molar-refractivity contribution in [2.75, 3.05) is 6.54 Å². The molecule has 0 amide bonds. The summed E-state index contributed by atoms with van der Waals surface area (Å²) in [6.07, 6.45) is 2.40. The Hall–Kier alpha value is -1.35. The number of carboxylic acids is 1.